The first kappa shape index (κ1) is 18.5. The quantitative estimate of drug-likeness (QED) is 0.794. The van der Waals surface area contributed by atoms with E-state index in [1.54, 1.807) is 18.2 Å². The van der Waals surface area contributed by atoms with Gasteiger partial charge in [0, 0.05) is 6.42 Å². The maximum absolute atomic E-state index is 12.2. The molecule has 1 aliphatic carbocycles. The number of amidine groups is 1. The Morgan fingerprint density at radius 1 is 1.28 bits per heavy atom. The molecule has 2 N–H and O–H groups in total. The van der Waals surface area contributed by atoms with Crippen LogP contribution in [-0.4, -0.2) is 28.3 Å². The number of thioether (sulfide) groups is 1. The fourth-order valence-corrected chi connectivity index (χ4v) is 4.33. The molecule has 0 aromatic heterocycles. The molecule has 0 radical (unpaired) electrons. The Bertz CT molecular complexity index is 705. The molecule has 1 aromatic carbocycles. The first-order valence-corrected chi connectivity index (χ1v) is 9.95. The van der Waals surface area contributed by atoms with Crippen LogP contribution in [0.25, 0.3) is 0 Å². The lowest BCUT2D eigenvalue weighted by Crippen LogP contribution is -2.28. The Hall–Kier alpha value is -1.24. The van der Waals surface area contributed by atoms with Gasteiger partial charge in [-0.25, -0.2) is 0 Å². The van der Waals surface area contributed by atoms with Gasteiger partial charge in [0.15, 0.2) is 5.17 Å². The number of nitrogens with one attached hydrogen (secondary N) is 2. The molecule has 1 aliphatic heterocycles. The van der Waals surface area contributed by atoms with Crippen molar-refractivity contribution in [1.82, 2.24) is 5.32 Å². The van der Waals surface area contributed by atoms with Gasteiger partial charge < -0.3 is 10.6 Å². The number of rotatable bonds is 4. The molecule has 1 saturated carbocycles. The lowest BCUT2D eigenvalue weighted by atomic mass is 9.96. The molecule has 25 heavy (non-hydrogen) atoms. The molecule has 1 atom stereocenters. The van der Waals surface area contributed by atoms with Crippen LogP contribution in [0.4, 0.5) is 5.69 Å². The number of hydrogen-bond acceptors (Lipinski definition) is 4. The van der Waals surface area contributed by atoms with Crippen LogP contribution in [0.5, 0.6) is 0 Å². The number of hydrogen-bond donors (Lipinski definition) is 2. The van der Waals surface area contributed by atoms with Gasteiger partial charge in [0.1, 0.15) is 5.25 Å². The number of nitrogens with zero attached hydrogens (tertiary/aromatic N) is 1. The zero-order chi connectivity index (χ0) is 17.8. The molecule has 134 valence electrons. The lowest BCUT2D eigenvalue weighted by molar-refractivity contribution is -0.122. The van der Waals surface area contributed by atoms with Gasteiger partial charge in [0.25, 0.3) is 0 Å². The molecule has 0 spiro atoms. The second-order valence-electron chi connectivity index (χ2n) is 6.18. The highest BCUT2D eigenvalue weighted by Gasteiger charge is 2.32. The zero-order valence-corrected chi connectivity index (χ0v) is 15.9. The molecular weight excluding hydrogens is 381 g/mol. The minimum atomic E-state index is -0.472. The summed E-state index contributed by atoms with van der Waals surface area (Å²) in [5.41, 5.74) is 0.443. The van der Waals surface area contributed by atoms with Crippen LogP contribution in [0.2, 0.25) is 10.0 Å². The monoisotopic (exact) mass is 399 g/mol. The van der Waals surface area contributed by atoms with Crippen LogP contribution < -0.4 is 10.6 Å². The third kappa shape index (κ3) is 4.90. The predicted molar refractivity (Wildman–Crippen MR) is 104 cm³/mol. The maximum Gasteiger partial charge on any atom is 0.240 e. The van der Waals surface area contributed by atoms with E-state index in [9.17, 15) is 9.59 Å². The predicted octanol–water partition coefficient (Wildman–Crippen LogP) is 4.24. The molecular formula is C17H19Cl2N3O2S. The van der Waals surface area contributed by atoms with E-state index in [1.807, 2.05) is 0 Å². The van der Waals surface area contributed by atoms with E-state index in [2.05, 4.69) is 15.6 Å². The minimum Gasteiger partial charge on any atom is -0.325 e. The van der Waals surface area contributed by atoms with Crippen molar-refractivity contribution >= 4 is 57.6 Å². The SMILES string of the molecule is O=C(C[C@H]1SC(=NC2CCCCC2)NC1=O)Nc1cccc(Cl)c1Cl. The Kier molecular flexibility index (Phi) is 6.25. The fourth-order valence-electron chi connectivity index (χ4n) is 2.95. The van der Waals surface area contributed by atoms with Crippen molar-refractivity contribution in [3.8, 4) is 0 Å². The Morgan fingerprint density at radius 2 is 2.04 bits per heavy atom. The van der Waals surface area contributed by atoms with Crippen molar-refractivity contribution in [1.29, 1.82) is 0 Å². The molecule has 1 saturated heterocycles. The van der Waals surface area contributed by atoms with Crippen LogP contribution in [0, 0.1) is 0 Å². The van der Waals surface area contributed by atoms with Gasteiger partial charge in [-0.1, -0.05) is 60.3 Å². The van der Waals surface area contributed by atoms with Crippen molar-refractivity contribution in [3.05, 3.63) is 28.2 Å². The van der Waals surface area contributed by atoms with Gasteiger partial charge >= 0.3 is 0 Å². The first-order valence-electron chi connectivity index (χ1n) is 8.32. The van der Waals surface area contributed by atoms with Gasteiger partial charge in [0.2, 0.25) is 11.8 Å². The largest absolute Gasteiger partial charge is 0.325 e. The van der Waals surface area contributed by atoms with E-state index < -0.39 is 5.25 Å². The van der Waals surface area contributed by atoms with Crippen LogP contribution >= 0.6 is 35.0 Å². The third-order valence-corrected chi connectivity index (χ3v) is 6.16. The second kappa shape index (κ2) is 8.43. The lowest BCUT2D eigenvalue weighted by Gasteiger charge is -2.17. The van der Waals surface area contributed by atoms with E-state index in [4.69, 9.17) is 23.2 Å². The number of anilines is 1. The van der Waals surface area contributed by atoms with Crippen LogP contribution in [0.3, 0.4) is 0 Å². The van der Waals surface area contributed by atoms with Crippen molar-refractivity contribution in [3.63, 3.8) is 0 Å². The highest BCUT2D eigenvalue weighted by molar-refractivity contribution is 8.15. The van der Waals surface area contributed by atoms with Crippen molar-refractivity contribution in [2.75, 3.05) is 5.32 Å². The summed E-state index contributed by atoms with van der Waals surface area (Å²) in [6.45, 7) is 0. The topological polar surface area (TPSA) is 70.6 Å². The van der Waals surface area contributed by atoms with E-state index in [1.165, 1.54) is 31.0 Å². The van der Waals surface area contributed by atoms with Gasteiger partial charge in [-0.05, 0) is 25.0 Å². The van der Waals surface area contributed by atoms with Gasteiger partial charge in [0.05, 0.1) is 21.8 Å². The van der Waals surface area contributed by atoms with Crippen LogP contribution in [0.15, 0.2) is 23.2 Å². The summed E-state index contributed by atoms with van der Waals surface area (Å²) in [6, 6.07) is 5.31. The Morgan fingerprint density at radius 3 is 2.80 bits per heavy atom. The molecule has 1 aromatic rings. The van der Waals surface area contributed by atoms with Crippen molar-refractivity contribution in [2.45, 2.75) is 49.8 Å². The highest BCUT2D eigenvalue weighted by atomic mass is 35.5. The van der Waals surface area contributed by atoms with Crippen molar-refractivity contribution < 1.29 is 9.59 Å². The standard InChI is InChI=1S/C17H19Cl2N3O2S/c18-11-7-4-8-12(15(11)19)21-14(23)9-13-16(24)22-17(25-13)20-10-5-2-1-3-6-10/h4,7-8,10,13H,1-3,5-6,9H2,(H,21,23)(H,20,22,24)/t13-/m1/s1. The number of benzene rings is 1. The second-order valence-corrected chi connectivity index (χ2v) is 8.15. The molecule has 0 unspecified atom stereocenters. The first-order chi connectivity index (χ1) is 12.0. The smallest absolute Gasteiger partial charge is 0.240 e. The summed E-state index contributed by atoms with van der Waals surface area (Å²) in [5.74, 6) is -0.456. The fraction of sp³-hybridized carbons (Fsp3) is 0.471. The average Bonchev–Trinajstić information content (AvgIpc) is 2.92. The number of carbonyl (C=O) groups excluding carboxylic acids is 2. The number of halogens is 2. The van der Waals surface area contributed by atoms with Crippen molar-refractivity contribution in [2.24, 2.45) is 4.99 Å². The molecule has 5 nitrogen and oxygen atoms in total. The molecule has 1 heterocycles. The summed E-state index contributed by atoms with van der Waals surface area (Å²) in [4.78, 5) is 29.0. The Balaban J connectivity index is 1.57. The molecule has 0 bridgehead atoms. The molecule has 3 rings (SSSR count). The van der Waals surface area contributed by atoms with E-state index in [0.717, 1.165) is 12.8 Å². The summed E-state index contributed by atoms with van der Waals surface area (Å²) in [7, 11) is 0. The summed E-state index contributed by atoms with van der Waals surface area (Å²) >= 11 is 13.3. The van der Waals surface area contributed by atoms with Gasteiger partial charge in [-0.15, -0.1) is 0 Å². The van der Waals surface area contributed by atoms with Crippen LogP contribution in [-0.2, 0) is 9.59 Å². The maximum atomic E-state index is 12.2. The molecule has 8 heteroatoms. The van der Waals surface area contributed by atoms with Crippen LogP contribution in [0.1, 0.15) is 38.5 Å². The van der Waals surface area contributed by atoms with Gasteiger partial charge in [-0.3, -0.25) is 14.6 Å². The normalized spacial score (nSPS) is 22.9. The highest BCUT2D eigenvalue weighted by Crippen LogP contribution is 2.30. The Labute approximate surface area is 160 Å². The number of carbonyl (C=O) groups is 2. The van der Waals surface area contributed by atoms with E-state index in [-0.39, 0.29) is 24.3 Å². The third-order valence-electron chi connectivity index (χ3n) is 4.25. The number of aliphatic imine (C=N–C) groups is 1. The molecule has 2 aliphatic rings. The van der Waals surface area contributed by atoms with E-state index in [0.29, 0.717) is 20.9 Å². The average molecular weight is 400 g/mol. The minimum absolute atomic E-state index is 0.0586. The number of amides is 2. The molecule has 2 amide bonds. The van der Waals surface area contributed by atoms with Gasteiger partial charge in [-0.2, -0.15) is 0 Å². The summed E-state index contributed by atoms with van der Waals surface area (Å²) < 4.78 is 0. The summed E-state index contributed by atoms with van der Waals surface area (Å²) in [5, 5.41) is 6.32. The molecule has 2 fully saturated rings. The zero-order valence-electron chi connectivity index (χ0n) is 13.6. The van der Waals surface area contributed by atoms with E-state index >= 15 is 0 Å². The summed E-state index contributed by atoms with van der Waals surface area (Å²) in [6.07, 6.45) is 5.83.